The predicted molar refractivity (Wildman–Crippen MR) is 69.3 cm³/mol. The number of aliphatic carboxylic acids is 1. The molecule has 1 aliphatic rings. The Labute approximate surface area is 109 Å². The Kier molecular flexibility index (Phi) is 3.98. The second-order valence-corrected chi connectivity index (χ2v) is 5.05. The molecule has 0 amide bonds. The van der Waals surface area contributed by atoms with Crippen LogP contribution >= 0.6 is 11.8 Å². The Morgan fingerprint density at radius 1 is 1.33 bits per heavy atom. The Bertz CT molecular complexity index is 429. The van der Waals surface area contributed by atoms with Crippen LogP contribution in [0.15, 0.2) is 18.2 Å². The van der Waals surface area contributed by atoms with Gasteiger partial charge in [0, 0.05) is 11.8 Å². The Hall–Kier alpha value is -1.40. The zero-order valence-electron chi connectivity index (χ0n) is 10.2. The van der Waals surface area contributed by atoms with E-state index in [9.17, 15) is 4.79 Å². The van der Waals surface area contributed by atoms with Crippen LogP contribution in [0.1, 0.15) is 10.9 Å². The molecular weight excluding hydrogens is 254 g/mol. The smallest absolute Gasteiger partial charge is 0.321 e. The Balaban J connectivity index is 2.20. The van der Waals surface area contributed by atoms with E-state index in [2.05, 4.69) is 5.32 Å². The van der Waals surface area contributed by atoms with Gasteiger partial charge in [0.25, 0.3) is 0 Å². The molecule has 18 heavy (non-hydrogen) atoms. The first-order valence-electron chi connectivity index (χ1n) is 5.47. The van der Waals surface area contributed by atoms with Crippen LogP contribution in [0.3, 0.4) is 0 Å². The minimum Gasteiger partial charge on any atom is -0.497 e. The maximum atomic E-state index is 10.9. The van der Waals surface area contributed by atoms with Crippen LogP contribution in [0.25, 0.3) is 0 Å². The molecule has 2 atom stereocenters. The highest BCUT2D eigenvalue weighted by molar-refractivity contribution is 7.99. The molecule has 1 aliphatic heterocycles. The minimum absolute atomic E-state index is 0.0462. The van der Waals surface area contributed by atoms with E-state index in [0.29, 0.717) is 17.3 Å². The lowest BCUT2D eigenvalue weighted by Crippen LogP contribution is -2.33. The molecule has 0 radical (unpaired) electrons. The second-order valence-electron chi connectivity index (χ2n) is 3.92. The molecule has 2 rings (SSSR count). The van der Waals surface area contributed by atoms with E-state index in [-0.39, 0.29) is 5.37 Å². The van der Waals surface area contributed by atoms with E-state index in [4.69, 9.17) is 14.6 Å². The van der Waals surface area contributed by atoms with Gasteiger partial charge < -0.3 is 14.6 Å². The average molecular weight is 269 g/mol. The van der Waals surface area contributed by atoms with Crippen molar-refractivity contribution in [3.8, 4) is 11.5 Å². The van der Waals surface area contributed by atoms with Crippen molar-refractivity contribution in [2.24, 2.45) is 0 Å². The third kappa shape index (κ3) is 2.70. The first-order chi connectivity index (χ1) is 8.63. The monoisotopic (exact) mass is 269 g/mol. The number of thioether (sulfide) groups is 1. The van der Waals surface area contributed by atoms with Crippen molar-refractivity contribution in [3.63, 3.8) is 0 Å². The molecule has 0 bridgehead atoms. The molecule has 1 heterocycles. The molecule has 1 aromatic carbocycles. The SMILES string of the molecule is COc1cc(OC)cc(C2NC(C(=O)O)CS2)c1. The number of carbonyl (C=O) groups is 1. The zero-order valence-corrected chi connectivity index (χ0v) is 11.0. The topological polar surface area (TPSA) is 67.8 Å². The van der Waals surface area contributed by atoms with Crippen molar-refractivity contribution in [2.75, 3.05) is 20.0 Å². The number of methoxy groups -OCH3 is 2. The number of rotatable bonds is 4. The highest BCUT2D eigenvalue weighted by Gasteiger charge is 2.30. The van der Waals surface area contributed by atoms with Crippen LogP contribution in [-0.4, -0.2) is 37.1 Å². The maximum absolute atomic E-state index is 10.9. The van der Waals surface area contributed by atoms with Gasteiger partial charge in [-0.3, -0.25) is 10.1 Å². The molecule has 5 nitrogen and oxygen atoms in total. The van der Waals surface area contributed by atoms with E-state index in [0.717, 1.165) is 5.56 Å². The van der Waals surface area contributed by atoms with Gasteiger partial charge in [-0.25, -0.2) is 0 Å². The van der Waals surface area contributed by atoms with Gasteiger partial charge in [-0.05, 0) is 17.7 Å². The summed E-state index contributed by atoms with van der Waals surface area (Å²) in [7, 11) is 3.18. The first kappa shape index (κ1) is 13.0. The third-order valence-corrected chi connectivity index (χ3v) is 4.02. The van der Waals surface area contributed by atoms with Crippen molar-refractivity contribution in [2.45, 2.75) is 11.4 Å². The molecule has 0 aliphatic carbocycles. The summed E-state index contributed by atoms with van der Waals surface area (Å²) >= 11 is 1.57. The van der Waals surface area contributed by atoms with Gasteiger partial charge in [0.05, 0.1) is 19.6 Å². The van der Waals surface area contributed by atoms with Crippen LogP contribution in [0.2, 0.25) is 0 Å². The molecule has 0 spiro atoms. The number of hydrogen-bond acceptors (Lipinski definition) is 5. The number of carboxylic acids is 1. The number of nitrogens with one attached hydrogen (secondary N) is 1. The van der Waals surface area contributed by atoms with Gasteiger partial charge in [0.2, 0.25) is 0 Å². The third-order valence-electron chi connectivity index (χ3n) is 2.76. The molecule has 98 valence electrons. The van der Waals surface area contributed by atoms with Crippen LogP contribution in [-0.2, 0) is 4.79 Å². The first-order valence-corrected chi connectivity index (χ1v) is 6.52. The predicted octanol–water partition coefficient (Wildman–Crippen LogP) is 1.49. The molecule has 1 aromatic rings. The highest BCUT2D eigenvalue weighted by atomic mass is 32.2. The quantitative estimate of drug-likeness (QED) is 0.863. The molecule has 6 heteroatoms. The van der Waals surface area contributed by atoms with Gasteiger partial charge >= 0.3 is 5.97 Å². The molecule has 2 unspecified atom stereocenters. The van der Waals surface area contributed by atoms with Crippen LogP contribution in [0.4, 0.5) is 0 Å². The van der Waals surface area contributed by atoms with Crippen LogP contribution < -0.4 is 14.8 Å². The number of carboxylic acid groups (broad SMARTS) is 1. The fourth-order valence-corrected chi connectivity index (χ4v) is 3.00. The van der Waals surface area contributed by atoms with E-state index in [1.165, 1.54) is 0 Å². The number of benzene rings is 1. The number of ether oxygens (including phenoxy) is 2. The second kappa shape index (κ2) is 5.49. The van der Waals surface area contributed by atoms with Crippen LogP contribution in [0, 0.1) is 0 Å². The Morgan fingerprint density at radius 2 is 1.94 bits per heavy atom. The average Bonchev–Trinajstić information content (AvgIpc) is 2.87. The van der Waals surface area contributed by atoms with E-state index in [1.54, 1.807) is 32.0 Å². The summed E-state index contributed by atoms with van der Waals surface area (Å²) in [5.74, 6) is 1.13. The standard InChI is InChI=1S/C12H15NO4S/c1-16-8-3-7(4-9(5-8)17-2)11-13-10(6-18-11)12(14)15/h3-5,10-11,13H,6H2,1-2H3,(H,14,15). The summed E-state index contributed by atoms with van der Waals surface area (Å²) in [6.45, 7) is 0. The van der Waals surface area contributed by atoms with Crippen molar-refractivity contribution in [1.29, 1.82) is 0 Å². The zero-order chi connectivity index (χ0) is 13.1. The summed E-state index contributed by atoms with van der Waals surface area (Å²) in [4.78, 5) is 10.9. The van der Waals surface area contributed by atoms with Crippen LogP contribution in [0.5, 0.6) is 11.5 Å². The summed E-state index contributed by atoms with van der Waals surface area (Å²) in [6.07, 6.45) is 0. The normalized spacial score (nSPS) is 22.8. The summed E-state index contributed by atoms with van der Waals surface area (Å²) in [5.41, 5.74) is 0.958. The summed E-state index contributed by atoms with van der Waals surface area (Å²) < 4.78 is 10.4. The molecule has 1 fully saturated rings. The lowest BCUT2D eigenvalue weighted by molar-refractivity contribution is -0.138. The van der Waals surface area contributed by atoms with Gasteiger partial charge in [-0.15, -0.1) is 11.8 Å². The lowest BCUT2D eigenvalue weighted by Gasteiger charge is -2.14. The lowest BCUT2D eigenvalue weighted by atomic mass is 10.2. The molecule has 0 aromatic heterocycles. The maximum Gasteiger partial charge on any atom is 0.321 e. The van der Waals surface area contributed by atoms with Gasteiger partial charge in [0.15, 0.2) is 0 Å². The summed E-state index contributed by atoms with van der Waals surface area (Å²) in [6, 6.07) is 5.06. The van der Waals surface area contributed by atoms with Gasteiger partial charge in [-0.1, -0.05) is 0 Å². The fourth-order valence-electron chi connectivity index (χ4n) is 1.79. The van der Waals surface area contributed by atoms with Gasteiger partial charge in [-0.2, -0.15) is 0 Å². The van der Waals surface area contributed by atoms with E-state index >= 15 is 0 Å². The fraction of sp³-hybridized carbons (Fsp3) is 0.417. The van der Waals surface area contributed by atoms with E-state index < -0.39 is 12.0 Å². The minimum atomic E-state index is -0.820. The molecule has 2 N–H and O–H groups in total. The summed E-state index contributed by atoms with van der Waals surface area (Å²) in [5, 5.41) is 12.0. The molecule has 1 saturated heterocycles. The van der Waals surface area contributed by atoms with Crippen molar-refractivity contribution >= 4 is 17.7 Å². The van der Waals surface area contributed by atoms with Crippen molar-refractivity contribution in [3.05, 3.63) is 23.8 Å². The van der Waals surface area contributed by atoms with Crippen molar-refractivity contribution < 1.29 is 19.4 Å². The molecule has 0 saturated carbocycles. The highest BCUT2D eigenvalue weighted by Crippen LogP contribution is 2.36. The number of hydrogen-bond donors (Lipinski definition) is 2. The van der Waals surface area contributed by atoms with Gasteiger partial charge in [0.1, 0.15) is 17.5 Å². The van der Waals surface area contributed by atoms with E-state index in [1.807, 2.05) is 12.1 Å². The van der Waals surface area contributed by atoms with Crippen molar-refractivity contribution in [1.82, 2.24) is 5.32 Å². The Morgan fingerprint density at radius 3 is 2.39 bits per heavy atom. The molecular formula is C12H15NO4S. The largest absolute Gasteiger partial charge is 0.497 e.